The molecule has 2 N–H and O–H groups in total. The summed E-state index contributed by atoms with van der Waals surface area (Å²) in [5.74, 6) is -1.70. The average Bonchev–Trinajstić information content (AvgIpc) is 3.38. The summed E-state index contributed by atoms with van der Waals surface area (Å²) in [5.41, 5.74) is 4.89. The Labute approximate surface area is 228 Å². The lowest BCUT2D eigenvalue weighted by molar-refractivity contribution is 0.0696. The fourth-order valence-corrected chi connectivity index (χ4v) is 4.76. The van der Waals surface area contributed by atoms with Crippen LogP contribution < -0.4 is 5.32 Å². The van der Waals surface area contributed by atoms with Gasteiger partial charge >= 0.3 is 5.97 Å². The maximum absolute atomic E-state index is 13.6. The van der Waals surface area contributed by atoms with E-state index in [0.717, 1.165) is 27.5 Å². The van der Waals surface area contributed by atoms with Crippen LogP contribution in [0.15, 0.2) is 103 Å². The molecule has 196 valence electrons. The standard InChI is InChI=1S/C32H23FN4O3/c33-27-13-11-23(12-14-27)26-16-28(31(38)34-18-20-5-9-24(10-6-20)32(39)40)30-29(17-26)35-36-37(30)19-21-7-8-22-3-1-2-4-25(22)15-21/h1-17H,18-19H2,(H,34,38)(H,39,40). The van der Waals surface area contributed by atoms with E-state index in [9.17, 15) is 14.0 Å². The first-order valence-corrected chi connectivity index (χ1v) is 12.7. The third-order valence-electron chi connectivity index (χ3n) is 6.83. The van der Waals surface area contributed by atoms with Gasteiger partial charge in [-0.2, -0.15) is 0 Å². The van der Waals surface area contributed by atoms with E-state index in [1.165, 1.54) is 24.3 Å². The van der Waals surface area contributed by atoms with Gasteiger partial charge in [0.05, 0.1) is 17.7 Å². The van der Waals surface area contributed by atoms with Gasteiger partial charge in [-0.15, -0.1) is 5.10 Å². The highest BCUT2D eigenvalue weighted by molar-refractivity contribution is 6.06. The Kier molecular flexibility index (Phi) is 6.49. The fraction of sp³-hybridized carbons (Fsp3) is 0.0625. The molecular formula is C32H23FN4O3. The van der Waals surface area contributed by atoms with E-state index in [-0.39, 0.29) is 23.8 Å². The summed E-state index contributed by atoms with van der Waals surface area (Å²) < 4.78 is 15.3. The third kappa shape index (κ3) is 5.02. The van der Waals surface area contributed by atoms with Gasteiger partial charge in [-0.1, -0.05) is 65.9 Å². The van der Waals surface area contributed by atoms with Gasteiger partial charge in [0.15, 0.2) is 0 Å². The lowest BCUT2D eigenvalue weighted by Crippen LogP contribution is -2.24. The van der Waals surface area contributed by atoms with Gasteiger partial charge in [0, 0.05) is 6.54 Å². The molecule has 0 aliphatic carbocycles. The van der Waals surface area contributed by atoms with Crippen molar-refractivity contribution in [2.24, 2.45) is 0 Å². The number of halogens is 1. The van der Waals surface area contributed by atoms with Crippen LogP contribution in [0.5, 0.6) is 0 Å². The molecular weight excluding hydrogens is 507 g/mol. The minimum Gasteiger partial charge on any atom is -0.478 e. The van der Waals surface area contributed by atoms with Gasteiger partial charge < -0.3 is 10.4 Å². The summed E-state index contributed by atoms with van der Waals surface area (Å²) in [5, 5.41) is 23.1. The highest BCUT2D eigenvalue weighted by Gasteiger charge is 2.19. The number of amides is 1. The number of aromatic carboxylic acids is 1. The molecule has 0 saturated heterocycles. The summed E-state index contributed by atoms with van der Waals surface area (Å²) >= 11 is 0. The van der Waals surface area contributed by atoms with Crippen molar-refractivity contribution >= 4 is 33.7 Å². The normalized spacial score (nSPS) is 11.1. The number of carbonyl (C=O) groups is 2. The quantitative estimate of drug-likeness (QED) is 0.261. The Morgan fingerprint density at radius 1 is 0.800 bits per heavy atom. The highest BCUT2D eigenvalue weighted by Crippen LogP contribution is 2.28. The Morgan fingerprint density at radius 3 is 2.27 bits per heavy atom. The summed E-state index contributed by atoms with van der Waals surface area (Å²) in [4.78, 5) is 24.7. The van der Waals surface area contributed by atoms with Crippen molar-refractivity contribution in [2.75, 3.05) is 0 Å². The number of hydrogen-bond acceptors (Lipinski definition) is 4. The topological polar surface area (TPSA) is 97.1 Å². The Hall–Kier alpha value is -5.37. The number of carboxylic acid groups (broad SMARTS) is 1. The minimum atomic E-state index is -1.01. The van der Waals surface area contributed by atoms with Crippen LogP contribution in [0, 0.1) is 5.82 Å². The second kappa shape index (κ2) is 10.4. The van der Waals surface area contributed by atoms with Gasteiger partial charge in [-0.3, -0.25) is 4.79 Å². The molecule has 6 aromatic rings. The molecule has 0 unspecified atom stereocenters. The van der Waals surface area contributed by atoms with Crippen LogP contribution in [0.2, 0.25) is 0 Å². The van der Waals surface area contributed by atoms with E-state index in [1.54, 1.807) is 35.0 Å². The summed E-state index contributed by atoms with van der Waals surface area (Å²) in [6, 6.07) is 30.3. The molecule has 40 heavy (non-hydrogen) atoms. The van der Waals surface area contributed by atoms with Crippen molar-refractivity contribution in [1.82, 2.24) is 20.3 Å². The van der Waals surface area contributed by atoms with E-state index < -0.39 is 5.97 Å². The molecule has 0 spiro atoms. The summed E-state index contributed by atoms with van der Waals surface area (Å²) in [6.45, 7) is 0.613. The minimum absolute atomic E-state index is 0.174. The van der Waals surface area contributed by atoms with Crippen molar-refractivity contribution in [3.05, 3.63) is 131 Å². The molecule has 8 heteroatoms. The van der Waals surface area contributed by atoms with Crippen molar-refractivity contribution in [3.8, 4) is 11.1 Å². The van der Waals surface area contributed by atoms with Crippen molar-refractivity contribution in [3.63, 3.8) is 0 Å². The number of fused-ring (bicyclic) bond motifs is 2. The zero-order chi connectivity index (χ0) is 27.6. The van der Waals surface area contributed by atoms with Gasteiger partial charge in [-0.25, -0.2) is 13.9 Å². The molecule has 0 fully saturated rings. The number of rotatable bonds is 7. The number of carboxylic acids is 1. The van der Waals surface area contributed by atoms with Crippen molar-refractivity contribution in [2.45, 2.75) is 13.1 Å². The van der Waals surface area contributed by atoms with Gasteiger partial charge in [0.25, 0.3) is 5.91 Å². The Bertz CT molecular complexity index is 1880. The first kappa shape index (κ1) is 24.9. The number of nitrogens with zero attached hydrogens (tertiary/aromatic N) is 3. The summed E-state index contributed by atoms with van der Waals surface area (Å²) in [6.07, 6.45) is 0. The summed E-state index contributed by atoms with van der Waals surface area (Å²) in [7, 11) is 0. The average molecular weight is 531 g/mol. The second-order valence-electron chi connectivity index (χ2n) is 9.51. The van der Waals surface area contributed by atoms with E-state index in [4.69, 9.17) is 5.11 Å². The van der Waals surface area contributed by atoms with Crippen LogP contribution in [-0.4, -0.2) is 32.0 Å². The maximum Gasteiger partial charge on any atom is 0.335 e. The van der Waals surface area contributed by atoms with Crippen molar-refractivity contribution in [1.29, 1.82) is 0 Å². The lowest BCUT2D eigenvalue weighted by atomic mass is 10.0. The largest absolute Gasteiger partial charge is 0.478 e. The van der Waals surface area contributed by atoms with E-state index in [2.05, 4.69) is 39.9 Å². The Morgan fingerprint density at radius 2 is 1.52 bits per heavy atom. The molecule has 0 radical (unpaired) electrons. The zero-order valence-electron chi connectivity index (χ0n) is 21.2. The molecule has 6 rings (SSSR count). The molecule has 7 nitrogen and oxygen atoms in total. The highest BCUT2D eigenvalue weighted by atomic mass is 19.1. The van der Waals surface area contributed by atoms with Crippen LogP contribution in [0.4, 0.5) is 4.39 Å². The van der Waals surface area contributed by atoms with Crippen LogP contribution in [0.1, 0.15) is 31.8 Å². The van der Waals surface area contributed by atoms with Gasteiger partial charge in [0.2, 0.25) is 0 Å². The Balaban J connectivity index is 1.37. The molecule has 0 saturated carbocycles. The van der Waals surface area contributed by atoms with E-state index in [0.29, 0.717) is 28.7 Å². The predicted molar refractivity (Wildman–Crippen MR) is 151 cm³/mol. The molecule has 0 aliphatic heterocycles. The molecule has 0 aliphatic rings. The number of aromatic nitrogens is 3. The first-order chi connectivity index (χ1) is 19.4. The number of nitrogens with one attached hydrogen (secondary N) is 1. The number of benzene rings is 5. The zero-order valence-corrected chi connectivity index (χ0v) is 21.2. The molecule has 1 amide bonds. The maximum atomic E-state index is 13.6. The van der Waals surface area contributed by atoms with Gasteiger partial charge in [0.1, 0.15) is 16.9 Å². The van der Waals surface area contributed by atoms with E-state index >= 15 is 0 Å². The molecule has 0 atom stereocenters. The molecule has 1 heterocycles. The third-order valence-corrected chi connectivity index (χ3v) is 6.83. The first-order valence-electron chi connectivity index (χ1n) is 12.7. The predicted octanol–water partition coefficient (Wildman–Crippen LogP) is 6.07. The fourth-order valence-electron chi connectivity index (χ4n) is 4.76. The smallest absolute Gasteiger partial charge is 0.335 e. The molecule has 0 bridgehead atoms. The molecule has 5 aromatic carbocycles. The molecule has 1 aromatic heterocycles. The second-order valence-corrected chi connectivity index (χ2v) is 9.51. The van der Waals surface area contributed by atoms with Crippen LogP contribution in [-0.2, 0) is 13.1 Å². The van der Waals surface area contributed by atoms with Crippen LogP contribution >= 0.6 is 0 Å². The lowest BCUT2D eigenvalue weighted by Gasteiger charge is -2.12. The number of hydrogen-bond donors (Lipinski definition) is 2. The van der Waals surface area contributed by atoms with Crippen molar-refractivity contribution < 1.29 is 19.1 Å². The number of carbonyl (C=O) groups excluding carboxylic acids is 1. The van der Waals surface area contributed by atoms with E-state index in [1.807, 2.05) is 24.3 Å². The monoisotopic (exact) mass is 530 g/mol. The van der Waals surface area contributed by atoms with Crippen LogP contribution in [0.25, 0.3) is 32.9 Å². The van der Waals surface area contributed by atoms with Crippen LogP contribution in [0.3, 0.4) is 0 Å². The van der Waals surface area contributed by atoms with Gasteiger partial charge in [-0.05, 0) is 75.5 Å². The SMILES string of the molecule is O=C(O)c1ccc(CNC(=O)c2cc(-c3ccc(F)cc3)cc3nnn(Cc4ccc5ccccc5c4)c23)cc1.